The lowest BCUT2D eigenvalue weighted by atomic mass is 9.86. The van der Waals surface area contributed by atoms with Crippen LogP contribution in [0.2, 0.25) is 0 Å². The van der Waals surface area contributed by atoms with Gasteiger partial charge in [-0.1, -0.05) is 31.2 Å². The number of hydrogen-bond acceptors (Lipinski definition) is 3. The van der Waals surface area contributed by atoms with Crippen LogP contribution < -0.4 is 10.6 Å². The summed E-state index contributed by atoms with van der Waals surface area (Å²) in [4.78, 5) is 11.7. The molecule has 0 radical (unpaired) electrons. The molecular weight excluding hydrogens is 288 g/mol. The Morgan fingerprint density at radius 2 is 1.83 bits per heavy atom. The highest BCUT2D eigenvalue weighted by Crippen LogP contribution is 2.24. The van der Waals surface area contributed by atoms with Crippen molar-refractivity contribution in [2.75, 3.05) is 0 Å². The van der Waals surface area contributed by atoms with Gasteiger partial charge in [-0.2, -0.15) is 0 Å². The summed E-state index contributed by atoms with van der Waals surface area (Å²) in [7, 11) is 0. The number of amides is 1. The third-order valence-corrected chi connectivity index (χ3v) is 4.23. The van der Waals surface area contributed by atoms with E-state index in [4.69, 9.17) is 4.74 Å². The van der Waals surface area contributed by atoms with Crippen molar-refractivity contribution >= 4 is 6.09 Å². The Kier molecular flexibility index (Phi) is 5.69. The number of carbonyl (C=O) groups is 1. The zero-order valence-corrected chi connectivity index (χ0v) is 15.0. The number of nitrogens with one attached hydrogen (secondary N) is 2. The Hall–Kier alpha value is -1.55. The maximum Gasteiger partial charge on any atom is 0.407 e. The van der Waals surface area contributed by atoms with Crippen molar-refractivity contribution in [3.63, 3.8) is 0 Å². The number of aryl methyl sites for hydroxylation is 1. The summed E-state index contributed by atoms with van der Waals surface area (Å²) < 4.78 is 5.28. The summed E-state index contributed by atoms with van der Waals surface area (Å²) >= 11 is 0. The molecule has 1 amide bonds. The molecule has 1 aliphatic rings. The molecule has 1 fully saturated rings. The Morgan fingerprint density at radius 3 is 2.35 bits per heavy atom. The topological polar surface area (TPSA) is 50.4 Å². The predicted molar refractivity (Wildman–Crippen MR) is 93.6 cm³/mol. The Bertz CT molecular complexity index is 513. The van der Waals surface area contributed by atoms with Crippen LogP contribution in [0, 0.1) is 0 Å². The molecule has 1 saturated carbocycles. The van der Waals surface area contributed by atoms with Crippen molar-refractivity contribution < 1.29 is 9.53 Å². The van der Waals surface area contributed by atoms with Crippen molar-refractivity contribution in [1.82, 2.24) is 10.6 Å². The molecule has 2 rings (SSSR count). The van der Waals surface area contributed by atoms with Crippen LogP contribution in [0.5, 0.6) is 0 Å². The van der Waals surface area contributed by atoms with Gasteiger partial charge in [0.25, 0.3) is 0 Å². The number of ether oxygens (including phenoxy) is 1. The maximum atomic E-state index is 11.7. The largest absolute Gasteiger partial charge is 0.444 e. The zero-order chi connectivity index (χ0) is 17.0. The van der Waals surface area contributed by atoms with E-state index in [1.165, 1.54) is 11.1 Å². The summed E-state index contributed by atoms with van der Waals surface area (Å²) in [6.07, 6.45) is 2.67. The Balaban J connectivity index is 1.71. The van der Waals surface area contributed by atoms with Crippen molar-refractivity contribution in [3.8, 4) is 0 Å². The third-order valence-electron chi connectivity index (χ3n) is 4.23. The minimum absolute atomic E-state index is 0.219. The second-order valence-electron chi connectivity index (χ2n) is 7.49. The number of hydrogen-bond donors (Lipinski definition) is 2. The molecule has 128 valence electrons. The normalized spacial score (nSPS) is 22.1. The van der Waals surface area contributed by atoms with Crippen molar-refractivity contribution in [3.05, 3.63) is 35.4 Å². The molecule has 0 aliphatic heterocycles. The van der Waals surface area contributed by atoms with E-state index >= 15 is 0 Å². The Labute approximate surface area is 140 Å². The Morgan fingerprint density at radius 1 is 1.22 bits per heavy atom. The molecular formula is C19H30N2O2. The number of alkyl carbamates (subject to hydrolysis) is 1. The minimum atomic E-state index is -0.440. The molecule has 4 heteroatoms. The van der Waals surface area contributed by atoms with Crippen LogP contribution in [-0.4, -0.2) is 23.8 Å². The molecule has 0 spiro atoms. The van der Waals surface area contributed by atoms with Crippen LogP contribution in [0.3, 0.4) is 0 Å². The number of carbonyl (C=O) groups excluding carboxylic acids is 1. The molecule has 0 heterocycles. The van der Waals surface area contributed by atoms with E-state index in [1.807, 2.05) is 20.8 Å². The maximum absolute atomic E-state index is 11.7. The second kappa shape index (κ2) is 7.35. The molecule has 1 aliphatic carbocycles. The highest BCUT2D eigenvalue weighted by molar-refractivity contribution is 5.68. The molecule has 0 aromatic heterocycles. The first-order chi connectivity index (χ1) is 10.8. The lowest BCUT2D eigenvalue weighted by Gasteiger charge is -2.38. The summed E-state index contributed by atoms with van der Waals surface area (Å²) in [6, 6.07) is 9.79. The fraction of sp³-hybridized carbons (Fsp3) is 0.632. The fourth-order valence-corrected chi connectivity index (χ4v) is 2.84. The monoisotopic (exact) mass is 318 g/mol. The van der Waals surface area contributed by atoms with E-state index in [0.717, 1.165) is 19.3 Å². The van der Waals surface area contributed by atoms with E-state index in [2.05, 4.69) is 48.7 Å². The molecule has 4 nitrogen and oxygen atoms in total. The lowest BCUT2D eigenvalue weighted by Crippen LogP contribution is -2.53. The summed E-state index contributed by atoms with van der Waals surface area (Å²) in [5, 5.41) is 6.56. The first-order valence-corrected chi connectivity index (χ1v) is 8.61. The quantitative estimate of drug-likeness (QED) is 0.864. The standard InChI is InChI=1S/C19H30N2O2/c1-6-14-7-9-15(10-8-14)13(2)20-16-11-17(12-16)21-18(22)23-19(3,4)5/h7-10,13,16-17,20H,6,11-12H2,1-5H3,(H,21,22). The average Bonchev–Trinajstić information content (AvgIpc) is 2.43. The smallest absolute Gasteiger partial charge is 0.407 e. The number of rotatable bonds is 5. The van der Waals surface area contributed by atoms with Crippen LogP contribution in [0.4, 0.5) is 4.79 Å². The van der Waals surface area contributed by atoms with E-state index in [9.17, 15) is 4.79 Å². The van der Waals surface area contributed by atoms with Gasteiger partial charge in [-0.25, -0.2) is 4.79 Å². The highest BCUT2D eigenvalue weighted by Gasteiger charge is 2.32. The van der Waals surface area contributed by atoms with Crippen LogP contribution in [0.15, 0.2) is 24.3 Å². The zero-order valence-electron chi connectivity index (χ0n) is 15.0. The van der Waals surface area contributed by atoms with E-state index in [1.54, 1.807) is 0 Å². The van der Waals surface area contributed by atoms with Gasteiger partial charge in [0.05, 0.1) is 0 Å². The van der Waals surface area contributed by atoms with Gasteiger partial charge in [-0.15, -0.1) is 0 Å². The summed E-state index contributed by atoms with van der Waals surface area (Å²) in [6.45, 7) is 9.99. The average molecular weight is 318 g/mol. The van der Waals surface area contributed by atoms with Crippen LogP contribution in [0.25, 0.3) is 0 Å². The van der Waals surface area contributed by atoms with Gasteiger partial charge in [-0.05, 0) is 58.1 Å². The van der Waals surface area contributed by atoms with E-state index in [-0.39, 0.29) is 12.1 Å². The molecule has 2 N–H and O–H groups in total. The highest BCUT2D eigenvalue weighted by atomic mass is 16.6. The van der Waals surface area contributed by atoms with Crippen molar-refractivity contribution in [2.24, 2.45) is 0 Å². The minimum Gasteiger partial charge on any atom is -0.444 e. The van der Waals surface area contributed by atoms with Crippen LogP contribution in [0.1, 0.15) is 64.6 Å². The fourth-order valence-electron chi connectivity index (χ4n) is 2.84. The second-order valence-corrected chi connectivity index (χ2v) is 7.49. The van der Waals surface area contributed by atoms with Gasteiger partial charge in [0.1, 0.15) is 5.60 Å². The van der Waals surface area contributed by atoms with Crippen molar-refractivity contribution in [1.29, 1.82) is 0 Å². The van der Waals surface area contributed by atoms with Gasteiger partial charge < -0.3 is 15.4 Å². The molecule has 1 aromatic rings. The van der Waals surface area contributed by atoms with Crippen molar-refractivity contribution in [2.45, 2.75) is 77.6 Å². The van der Waals surface area contributed by atoms with E-state index in [0.29, 0.717) is 12.1 Å². The molecule has 1 aromatic carbocycles. The third kappa shape index (κ3) is 5.54. The van der Waals surface area contributed by atoms with E-state index < -0.39 is 5.60 Å². The number of benzene rings is 1. The van der Waals surface area contributed by atoms with Gasteiger partial charge >= 0.3 is 6.09 Å². The first kappa shape index (κ1) is 17.8. The van der Waals surface area contributed by atoms with Crippen LogP contribution >= 0.6 is 0 Å². The molecule has 0 bridgehead atoms. The molecule has 1 unspecified atom stereocenters. The van der Waals surface area contributed by atoms with Gasteiger partial charge in [0.15, 0.2) is 0 Å². The van der Waals surface area contributed by atoms with Crippen LogP contribution in [-0.2, 0) is 11.2 Å². The van der Waals surface area contributed by atoms with Gasteiger partial charge in [0.2, 0.25) is 0 Å². The molecule has 0 saturated heterocycles. The first-order valence-electron chi connectivity index (χ1n) is 8.61. The van der Waals surface area contributed by atoms with Gasteiger partial charge in [0, 0.05) is 18.1 Å². The SMILES string of the molecule is CCc1ccc(C(C)NC2CC(NC(=O)OC(C)(C)C)C2)cc1. The molecule has 23 heavy (non-hydrogen) atoms. The summed E-state index contributed by atoms with van der Waals surface area (Å²) in [5.41, 5.74) is 2.24. The summed E-state index contributed by atoms with van der Waals surface area (Å²) in [5.74, 6) is 0. The van der Waals surface area contributed by atoms with Gasteiger partial charge in [-0.3, -0.25) is 0 Å². The lowest BCUT2D eigenvalue weighted by molar-refractivity contribution is 0.0463. The molecule has 1 atom stereocenters. The predicted octanol–water partition coefficient (Wildman–Crippen LogP) is 3.96.